The monoisotopic (exact) mass is 138 g/mol. The molecule has 0 aromatic rings. The number of ether oxygens (including phenoxy) is 1. The van der Waals surface area contributed by atoms with Gasteiger partial charge < -0.3 is 4.74 Å². The highest BCUT2D eigenvalue weighted by Crippen LogP contribution is 2.29. The van der Waals surface area contributed by atoms with Crippen LogP contribution in [-0.2, 0) is 4.74 Å². The Labute approximate surface area is 62.4 Å². The fourth-order valence-electron chi connectivity index (χ4n) is 1.40. The van der Waals surface area contributed by atoms with Crippen molar-refractivity contribution in [3.05, 3.63) is 23.5 Å². The first-order valence-corrected chi connectivity index (χ1v) is 3.76. The second-order valence-corrected chi connectivity index (χ2v) is 2.55. The SMILES string of the molecule is C/C=C1\CCC\C1=C/OC. The predicted octanol–water partition coefficient (Wildman–Crippen LogP) is 2.65. The summed E-state index contributed by atoms with van der Waals surface area (Å²) in [7, 11) is 1.71. The van der Waals surface area contributed by atoms with Crippen LogP contribution in [0.2, 0.25) is 0 Å². The third-order valence-corrected chi connectivity index (χ3v) is 1.91. The minimum atomic E-state index is 1.19. The predicted molar refractivity (Wildman–Crippen MR) is 42.7 cm³/mol. The van der Waals surface area contributed by atoms with E-state index in [4.69, 9.17) is 4.74 Å². The van der Waals surface area contributed by atoms with Crippen molar-refractivity contribution in [2.45, 2.75) is 26.2 Å². The van der Waals surface area contributed by atoms with Crippen LogP contribution in [0.15, 0.2) is 23.5 Å². The standard InChI is InChI=1S/C9H14O/c1-3-8-5-4-6-9(8)7-10-2/h3,7H,4-6H2,1-2H3/b8-3+,9-7+. The van der Waals surface area contributed by atoms with E-state index < -0.39 is 0 Å². The van der Waals surface area contributed by atoms with Gasteiger partial charge in [-0.3, -0.25) is 0 Å². The quantitative estimate of drug-likeness (QED) is 0.506. The van der Waals surface area contributed by atoms with E-state index in [1.54, 1.807) is 7.11 Å². The summed E-state index contributed by atoms with van der Waals surface area (Å²) in [4.78, 5) is 0. The molecule has 1 nitrogen and oxygen atoms in total. The molecule has 0 N–H and O–H groups in total. The molecule has 0 aromatic carbocycles. The van der Waals surface area contributed by atoms with Crippen LogP contribution < -0.4 is 0 Å². The van der Waals surface area contributed by atoms with E-state index in [0.717, 1.165) is 0 Å². The maximum absolute atomic E-state index is 4.95. The molecule has 0 saturated heterocycles. The van der Waals surface area contributed by atoms with Crippen LogP contribution in [0.25, 0.3) is 0 Å². The summed E-state index contributed by atoms with van der Waals surface area (Å²) in [5.41, 5.74) is 2.84. The fraction of sp³-hybridized carbons (Fsp3) is 0.556. The van der Waals surface area contributed by atoms with E-state index in [0.29, 0.717) is 0 Å². The molecule has 1 saturated carbocycles. The smallest absolute Gasteiger partial charge is 0.0859 e. The van der Waals surface area contributed by atoms with Crippen molar-refractivity contribution in [3.8, 4) is 0 Å². The lowest BCUT2D eigenvalue weighted by atomic mass is 10.1. The Morgan fingerprint density at radius 1 is 1.30 bits per heavy atom. The molecule has 1 rings (SSSR count). The summed E-state index contributed by atoms with van der Waals surface area (Å²) in [6.07, 6.45) is 7.74. The Balaban J connectivity index is 2.68. The molecule has 0 heterocycles. The van der Waals surface area contributed by atoms with Crippen LogP contribution in [0.4, 0.5) is 0 Å². The number of rotatable bonds is 1. The molecule has 1 heteroatoms. The molecular formula is C9H14O. The van der Waals surface area contributed by atoms with E-state index in [1.165, 1.54) is 30.4 Å². The number of hydrogen-bond donors (Lipinski definition) is 0. The molecule has 1 aliphatic rings. The molecule has 0 aromatic heterocycles. The average Bonchev–Trinajstić information content (AvgIpc) is 2.36. The van der Waals surface area contributed by atoms with Gasteiger partial charge in [0.25, 0.3) is 0 Å². The largest absolute Gasteiger partial charge is 0.504 e. The molecule has 1 fully saturated rings. The lowest BCUT2D eigenvalue weighted by molar-refractivity contribution is 0.334. The second-order valence-electron chi connectivity index (χ2n) is 2.55. The second kappa shape index (κ2) is 3.45. The first-order chi connectivity index (χ1) is 4.88. The van der Waals surface area contributed by atoms with Crippen LogP contribution >= 0.6 is 0 Å². The zero-order valence-electron chi connectivity index (χ0n) is 6.68. The maximum atomic E-state index is 4.95. The van der Waals surface area contributed by atoms with Crippen LogP contribution in [-0.4, -0.2) is 7.11 Å². The lowest BCUT2D eigenvalue weighted by Gasteiger charge is -1.97. The summed E-state index contributed by atoms with van der Waals surface area (Å²) >= 11 is 0. The molecule has 0 unspecified atom stereocenters. The van der Waals surface area contributed by atoms with E-state index >= 15 is 0 Å². The van der Waals surface area contributed by atoms with Crippen molar-refractivity contribution < 1.29 is 4.74 Å². The molecule has 0 bridgehead atoms. The Morgan fingerprint density at radius 2 is 2.00 bits per heavy atom. The van der Waals surface area contributed by atoms with Crippen LogP contribution in [0, 0.1) is 0 Å². The summed E-state index contributed by atoms with van der Waals surface area (Å²) in [5.74, 6) is 0. The Kier molecular flexibility index (Phi) is 2.55. The van der Waals surface area contributed by atoms with Gasteiger partial charge in [-0.25, -0.2) is 0 Å². The molecule has 0 atom stereocenters. The van der Waals surface area contributed by atoms with Crippen molar-refractivity contribution in [1.29, 1.82) is 0 Å². The minimum Gasteiger partial charge on any atom is -0.504 e. The molecule has 56 valence electrons. The van der Waals surface area contributed by atoms with Crippen LogP contribution in [0.1, 0.15) is 26.2 Å². The lowest BCUT2D eigenvalue weighted by Crippen LogP contribution is -1.79. The van der Waals surface area contributed by atoms with E-state index in [9.17, 15) is 0 Å². The summed E-state index contributed by atoms with van der Waals surface area (Å²) in [6.45, 7) is 2.09. The van der Waals surface area contributed by atoms with Crippen molar-refractivity contribution >= 4 is 0 Å². The number of methoxy groups -OCH3 is 1. The maximum Gasteiger partial charge on any atom is 0.0859 e. The summed E-state index contributed by atoms with van der Waals surface area (Å²) in [5, 5.41) is 0. The van der Waals surface area contributed by atoms with Crippen molar-refractivity contribution in [2.24, 2.45) is 0 Å². The highest BCUT2D eigenvalue weighted by atomic mass is 16.5. The molecule has 0 amide bonds. The van der Waals surface area contributed by atoms with Gasteiger partial charge in [-0.2, -0.15) is 0 Å². The fourth-order valence-corrected chi connectivity index (χ4v) is 1.40. The summed E-state index contributed by atoms with van der Waals surface area (Å²) in [6, 6.07) is 0. The van der Waals surface area contributed by atoms with Gasteiger partial charge in [0.05, 0.1) is 13.4 Å². The van der Waals surface area contributed by atoms with Crippen LogP contribution in [0.5, 0.6) is 0 Å². The Morgan fingerprint density at radius 3 is 2.60 bits per heavy atom. The van der Waals surface area contributed by atoms with Crippen molar-refractivity contribution in [2.75, 3.05) is 7.11 Å². The first kappa shape index (κ1) is 7.39. The summed E-state index contributed by atoms with van der Waals surface area (Å²) < 4.78 is 4.95. The van der Waals surface area contributed by atoms with E-state index in [-0.39, 0.29) is 0 Å². The van der Waals surface area contributed by atoms with Gasteiger partial charge in [-0.1, -0.05) is 6.08 Å². The Bertz CT molecular complexity index is 166. The highest BCUT2D eigenvalue weighted by molar-refractivity contribution is 5.32. The highest BCUT2D eigenvalue weighted by Gasteiger charge is 2.11. The third kappa shape index (κ3) is 1.41. The van der Waals surface area contributed by atoms with Gasteiger partial charge in [0, 0.05) is 0 Å². The van der Waals surface area contributed by atoms with Gasteiger partial charge in [-0.05, 0) is 37.3 Å². The van der Waals surface area contributed by atoms with Crippen molar-refractivity contribution in [3.63, 3.8) is 0 Å². The zero-order valence-corrected chi connectivity index (χ0v) is 6.68. The molecule has 1 aliphatic carbocycles. The first-order valence-electron chi connectivity index (χ1n) is 3.76. The zero-order chi connectivity index (χ0) is 7.40. The number of allylic oxidation sites excluding steroid dienone is 3. The molecule has 10 heavy (non-hydrogen) atoms. The normalized spacial score (nSPS) is 26.2. The molecular weight excluding hydrogens is 124 g/mol. The van der Waals surface area contributed by atoms with Gasteiger partial charge in [0.15, 0.2) is 0 Å². The van der Waals surface area contributed by atoms with Crippen LogP contribution in [0.3, 0.4) is 0 Å². The topological polar surface area (TPSA) is 9.23 Å². The van der Waals surface area contributed by atoms with Crippen molar-refractivity contribution in [1.82, 2.24) is 0 Å². The van der Waals surface area contributed by atoms with E-state index in [2.05, 4.69) is 13.0 Å². The molecule has 0 radical (unpaired) electrons. The minimum absolute atomic E-state index is 1.19. The Hall–Kier alpha value is -0.720. The molecule has 0 aliphatic heterocycles. The van der Waals surface area contributed by atoms with Gasteiger partial charge in [-0.15, -0.1) is 0 Å². The van der Waals surface area contributed by atoms with Gasteiger partial charge in [0.2, 0.25) is 0 Å². The van der Waals surface area contributed by atoms with Gasteiger partial charge >= 0.3 is 0 Å². The number of hydrogen-bond acceptors (Lipinski definition) is 1. The third-order valence-electron chi connectivity index (χ3n) is 1.91. The van der Waals surface area contributed by atoms with Gasteiger partial charge in [0.1, 0.15) is 0 Å². The molecule has 0 spiro atoms. The average molecular weight is 138 g/mol. The van der Waals surface area contributed by atoms with E-state index in [1.807, 2.05) is 6.26 Å².